The summed E-state index contributed by atoms with van der Waals surface area (Å²) in [5, 5.41) is 3.51. The molecule has 0 saturated carbocycles. The molecule has 0 unspecified atom stereocenters. The lowest BCUT2D eigenvalue weighted by atomic mass is 9.97. The molecular formula is C23H31N3O8. The lowest BCUT2D eigenvalue weighted by molar-refractivity contribution is -0.362. The lowest BCUT2D eigenvalue weighted by Crippen LogP contribution is -2.64. The molecule has 0 N–H and O–H groups in total. The molecule has 11 nitrogen and oxygen atoms in total. The molecule has 0 amide bonds. The number of carbonyl (C=O) groups is 2. The van der Waals surface area contributed by atoms with E-state index in [-0.39, 0.29) is 6.61 Å². The van der Waals surface area contributed by atoms with Crippen molar-refractivity contribution in [1.82, 2.24) is 0 Å². The summed E-state index contributed by atoms with van der Waals surface area (Å²) in [6, 6.07) is 9.38. The first-order valence-electron chi connectivity index (χ1n) is 11.4. The van der Waals surface area contributed by atoms with Crippen LogP contribution in [0.1, 0.15) is 51.4 Å². The van der Waals surface area contributed by atoms with E-state index in [0.29, 0.717) is 13.2 Å². The molecule has 2 heterocycles. The lowest BCUT2D eigenvalue weighted by Gasteiger charge is -2.48. The Kier molecular flexibility index (Phi) is 10.1. The van der Waals surface area contributed by atoms with Crippen LogP contribution < -0.4 is 0 Å². The largest absolute Gasteiger partial charge is 0.455 e. The van der Waals surface area contributed by atoms with Crippen LogP contribution in [-0.4, -0.2) is 62.4 Å². The summed E-state index contributed by atoms with van der Waals surface area (Å²) < 4.78 is 35.0. The highest BCUT2D eigenvalue weighted by Gasteiger charge is 2.53. The first-order valence-corrected chi connectivity index (χ1v) is 11.4. The van der Waals surface area contributed by atoms with Gasteiger partial charge in [-0.3, -0.25) is 9.59 Å². The maximum atomic E-state index is 11.9. The van der Waals surface area contributed by atoms with Crippen molar-refractivity contribution < 1.29 is 38.0 Å². The van der Waals surface area contributed by atoms with Crippen LogP contribution >= 0.6 is 0 Å². The van der Waals surface area contributed by atoms with E-state index in [4.69, 9.17) is 34.0 Å². The molecule has 1 aromatic rings. The second-order valence-corrected chi connectivity index (χ2v) is 8.11. The minimum Gasteiger partial charge on any atom is -0.455 e. The number of nitrogens with zero attached hydrogens (tertiary/aromatic N) is 3. The van der Waals surface area contributed by atoms with E-state index in [0.717, 1.165) is 31.2 Å². The number of hydrogen-bond acceptors (Lipinski definition) is 9. The number of ether oxygens (including phenoxy) is 6. The van der Waals surface area contributed by atoms with Crippen LogP contribution in [0.15, 0.2) is 35.4 Å². The summed E-state index contributed by atoms with van der Waals surface area (Å²) in [6.45, 7) is 3.57. The Morgan fingerprint density at radius 1 is 1.03 bits per heavy atom. The molecule has 0 spiro atoms. The van der Waals surface area contributed by atoms with Crippen LogP contribution in [0.25, 0.3) is 10.4 Å². The zero-order valence-corrected chi connectivity index (χ0v) is 19.4. The smallest absolute Gasteiger partial charge is 0.303 e. The van der Waals surface area contributed by atoms with Crippen LogP contribution in [0.5, 0.6) is 0 Å². The SMILES string of the molecule is CC(=O)O[C@@H]1[C@H](OC(C)=O)[C@@H](OCCCCCCN=[N+]=[N-])O[C@@H]2CO[C@@H](c3ccccc3)O[C@@H]12. The molecule has 34 heavy (non-hydrogen) atoms. The van der Waals surface area contributed by atoms with Crippen LogP contribution in [0, 0.1) is 0 Å². The normalized spacial score (nSPS) is 28.3. The van der Waals surface area contributed by atoms with E-state index in [2.05, 4.69) is 10.0 Å². The van der Waals surface area contributed by atoms with Crippen molar-refractivity contribution in [3.8, 4) is 0 Å². The predicted molar refractivity (Wildman–Crippen MR) is 118 cm³/mol. The van der Waals surface area contributed by atoms with Gasteiger partial charge in [-0.05, 0) is 18.4 Å². The minimum absolute atomic E-state index is 0.189. The van der Waals surface area contributed by atoms with Gasteiger partial charge in [0.25, 0.3) is 0 Å². The van der Waals surface area contributed by atoms with Crippen LogP contribution in [0.3, 0.4) is 0 Å². The van der Waals surface area contributed by atoms with Crippen LogP contribution in [0.2, 0.25) is 0 Å². The maximum Gasteiger partial charge on any atom is 0.303 e. The highest BCUT2D eigenvalue weighted by Crippen LogP contribution is 2.36. The second kappa shape index (κ2) is 13.3. The Morgan fingerprint density at radius 3 is 2.44 bits per heavy atom. The summed E-state index contributed by atoms with van der Waals surface area (Å²) in [7, 11) is 0. The van der Waals surface area contributed by atoms with Crippen molar-refractivity contribution in [2.45, 2.75) is 76.5 Å². The van der Waals surface area contributed by atoms with Crippen molar-refractivity contribution in [2.75, 3.05) is 19.8 Å². The molecule has 2 saturated heterocycles. The molecule has 0 aliphatic carbocycles. The van der Waals surface area contributed by atoms with Gasteiger partial charge in [0.15, 0.2) is 24.8 Å². The average molecular weight is 478 g/mol. The molecule has 11 heteroatoms. The van der Waals surface area contributed by atoms with E-state index < -0.39 is 48.9 Å². The first kappa shape index (κ1) is 25.9. The minimum atomic E-state index is -0.998. The Morgan fingerprint density at radius 2 is 1.74 bits per heavy atom. The van der Waals surface area contributed by atoms with E-state index in [1.807, 2.05) is 30.3 Å². The summed E-state index contributed by atoms with van der Waals surface area (Å²) in [5.41, 5.74) is 9.12. The van der Waals surface area contributed by atoms with Crippen molar-refractivity contribution in [2.24, 2.45) is 5.11 Å². The van der Waals surface area contributed by atoms with E-state index >= 15 is 0 Å². The Labute approximate surface area is 198 Å². The van der Waals surface area contributed by atoms with Crippen molar-refractivity contribution >= 4 is 11.9 Å². The summed E-state index contributed by atoms with van der Waals surface area (Å²) >= 11 is 0. The van der Waals surface area contributed by atoms with Crippen molar-refractivity contribution in [3.63, 3.8) is 0 Å². The summed E-state index contributed by atoms with van der Waals surface area (Å²) in [5.74, 6) is -1.09. The number of carbonyl (C=O) groups excluding carboxylic acids is 2. The fourth-order valence-corrected chi connectivity index (χ4v) is 3.99. The number of hydrogen-bond donors (Lipinski definition) is 0. The molecule has 0 radical (unpaired) electrons. The van der Waals surface area contributed by atoms with Crippen LogP contribution in [0.4, 0.5) is 0 Å². The number of fused-ring (bicyclic) bond motifs is 1. The Balaban J connectivity index is 1.67. The predicted octanol–water partition coefficient (Wildman–Crippen LogP) is 3.58. The molecule has 1 aromatic carbocycles. The van der Waals surface area contributed by atoms with Gasteiger partial charge in [-0.15, -0.1) is 0 Å². The van der Waals surface area contributed by atoms with E-state index in [9.17, 15) is 9.59 Å². The fraction of sp³-hybridized carbons (Fsp3) is 0.652. The fourth-order valence-electron chi connectivity index (χ4n) is 3.99. The quantitative estimate of drug-likeness (QED) is 0.155. The number of rotatable bonds is 11. The first-order chi connectivity index (χ1) is 16.5. The van der Waals surface area contributed by atoms with E-state index in [1.54, 1.807) is 0 Å². The summed E-state index contributed by atoms with van der Waals surface area (Å²) in [6.07, 6.45) is -1.54. The van der Waals surface area contributed by atoms with Gasteiger partial charge in [0.2, 0.25) is 0 Å². The van der Waals surface area contributed by atoms with Gasteiger partial charge in [-0.2, -0.15) is 0 Å². The topological polar surface area (TPSA) is 138 Å². The van der Waals surface area contributed by atoms with Crippen LogP contribution in [-0.2, 0) is 38.0 Å². The van der Waals surface area contributed by atoms with E-state index in [1.165, 1.54) is 13.8 Å². The summed E-state index contributed by atoms with van der Waals surface area (Å²) in [4.78, 5) is 26.5. The van der Waals surface area contributed by atoms with Gasteiger partial charge in [0.1, 0.15) is 12.2 Å². The average Bonchev–Trinajstić information content (AvgIpc) is 2.82. The Hall–Kier alpha value is -2.69. The maximum absolute atomic E-state index is 11.9. The number of unbranched alkanes of at least 4 members (excludes halogenated alkanes) is 3. The zero-order valence-electron chi connectivity index (χ0n) is 19.4. The zero-order chi connectivity index (χ0) is 24.3. The number of esters is 2. The number of azide groups is 1. The highest BCUT2D eigenvalue weighted by atomic mass is 16.8. The van der Waals surface area contributed by atoms with Crippen molar-refractivity contribution in [3.05, 3.63) is 46.3 Å². The molecule has 2 aliphatic rings. The Bertz CT molecular complexity index is 848. The second-order valence-electron chi connectivity index (χ2n) is 8.11. The molecule has 186 valence electrons. The van der Waals surface area contributed by atoms with Crippen molar-refractivity contribution in [1.29, 1.82) is 0 Å². The third-order valence-electron chi connectivity index (χ3n) is 5.46. The number of benzene rings is 1. The molecular weight excluding hydrogens is 446 g/mol. The standard InChI is InChI=1S/C23H31N3O8/c1-15(27)31-20-19-18(14-30-22(34-19)17-10-6-5-7-11-17)33-23(21(20)32-16(2)28)29-13-9-4-3-8-12-25-26-24/h5-7,10-11,18-23H,3-4,8-9,12-14H2,1-2H3/t18-,19-,20+,21+,22-,23+/m1/s1. The molecule has 2 aliphatic heterocycles. The molecule has 0 aromatic heterocycles. The van der Waals surface area contributed by atoms with Gasteiger partial charge in [-0.25, -0.2) is 0 Å². The van der Waals surface area contributed by atoms with Gasteiger partial charge >= 0.3 is 11.9 Å². The molecule has 0 bridgehead atoms. The van der Waals surface area contributed by atoms with Gasteiger partial charge < -0.3 is 28.4 Å². The van der Waals surface area contributed by atoms with Gasteiger partial charge in [0, 0.05) is 37.5 Å². The van der Waals surface area contributed by atoms with Gasteiger partial charge in [0.05, 0.1) is 6.61 Å². The highest BCUT2D eigenvalue weighted by molar-refractivity contribution is 5.67. The third kappa shape index (κ3) is 7.41. The molecule has 3 rings (SSSR count). The molecule has 2 fully saturated rings. The third-order valence-corrected chi connectivity index (χ3v) is 5.46. The molecule has 6 atom stereocenters. The monoisotopic (exact) mass is 477 g/mol. The van der Waals surface area contributed by atoms with Gasteiger partial charge in [-0.1, -0.05) is 48.3 Å².